The van der Waals surface area contributed by atoms with Gasteiger partial charge in [0.1, 0.15) is 12.6 Å². The van der Waals surface area contributed by atoms with Crippen molar-refractivity contribution in [2.75, 3.05) is 13.2 Å². The lowest BCUT2D eigenvalue weighted by molar-refractivity contribution is -0.140. The number of rotatable bonds is 7. The van der Waals surface area contributed by atoms with Gasteiger partial charge in [0.05, 0.1) is 25.2 Å². The topological polar surface area (TPSA) is 114 Å². The number of nitrogens with one attached hydrogen (secondary N) is 2. The third kappa shape index (κ3) is 4.85. The van der Waals surface area contributed by atoms with Crippen molar-refractivity contribution in [2.24, 2.45) is 5.92 Å². The number of amides is 2. The van der Waals surface area contributed by atoms with Crippen molar-refractivity contribution in [3.05, 3.63) is 59.7 Å². The van der Waals surface area contributed by atoms with E-state index < -0.39 is 30.4 Å². The van der Waals surface area contributed by atoms with Gasteiger partial charge in [0.25, 0.3) is 0 Å². The molecule has 2 aromatic carbocycles. The highest BCUT2D eigenvalue weighted by Gasteiger charge is 2.35. The van der Waals surface area contributed by atoms with Crippen molar-refractivity contribution in [3.63, 3.8) is 0 Å². The zero-order chi connectivity index (χ0) is 23.5. The summed E-state index contributed by atoms with van der Waals surface area (Å²) in [7, 11) is 0. The number of aliphatic carboxylic acids is 1. The highest BCUT2D eigenvalue weighted by Crippen LogP contribution is 2.44. The van der Waals surface area contributed by atoms with Crippen LogP contribution in [0.1, 0.15) is 37.3 Å². The van der Waals surface area contributed by atoms with Crippen LogP contribution >= 0.6 is 0 Å². The molecule has 0 spiro atoms. The van der Waals surface area contributed by atoms with Gasteiger partial charge in [-0.1, -0.05) is 55.5 Å². The number of carbonyl (C=O) groups is 3. The van der Waals surface area contributed by atoms with Crippen LogP contribution in [0.25, 0.3) is 11.1 Å². The number of carboxylic acid groups (broad SMARTS) is 1. The van der Waals surface area contributed by atoms with E-state index in [2.05, 4.69) is 10.6 Å². The van der Waals surface area contributed by atoms with Crippen molar-refractivity contribution < 1.29 is 29.0 Å². The number of carbonyl (C=O) groups excluding carboxylic acids is 2. The smallest absolute Gasteiger partial charge is 0.407 e. The van der Waals surface area contributed by atoms with Crippen LogP contribution in [0.2, 0.25) is 0 Å². The van der Waals surface area contributed by atoms with Gasteiger partial charge in [0, 0.05) is 11.8 Å². The summed E-state index contributed by atoms with van der Waals surface area (Å²) in [5, 5.41) is 14.4. The van der Waals surface area contributed by atoms with E-state index in [9.17, 15) is 19.5 Å². The van der Waals surface area contributed by atoms with Gasteiger partial charge in [-0.2, -0.15) is 0 Å². The predicted octanol–water partition coefficient (Wildman–Crippen LogP) is 2.91. The lowest BCUT2D eigenvalue weighted by Gasteiger charge is -2.22. The summed E-state index contributed by atoms with van der Waals surface area (Å²) in [4.78, 5) is 36.5. The molecule has 0 bridgehead atoms. The summed E-state index contributed by atoms with van der Waals surface area (Å²) >= 11 is 0. The average molecular weight is 453 g/mol. The summed E-state index contributed by atoms with van der Waals surface area (Å²) in [6.45, 7) is 4.29. The number of alkyl carbamates (subject to hydrolysis) is 1. The minimum Gasteiger partial charge on any atom is -0.481 e. The van der Waals surface area contributed by atoms with Crippen LogP contribution < -0.4 is 10.6 Å². The maximum Gasteiger partial charge on any atom is 0.407 e. The Labute approximate surface area is 192 Å². The number of ether oxygens (including phenoxy) is 2. The van der Waals surface area contributed by atoms with Crippen molar-refractivity contribution in [1.29, 1.82) is 0 Å². The molecule has 2 aromatic rings. The summed E-state index contributed by atoms with van der Waals surface area (Å²) in [5.41, 5.74) is 4.34. The molecule has 3 N–H and O–H groups in total. The molecule has 1 aliphatic carbocycles. The Morgan fingerprint density at radius 3 is 2.21 bits per heavy atom. The summed E-state index contributed by atoms with van der Waals surface area (Å²) in [5.74, 6) is -1.82. The Morgan fingerprint density at radius 1 is 1.06 bits per heavy atom. The maximum atomic E-state index is 12.7. The summed E-state index contributed by atoms with van der Waals surface area (Å²) in [6, 6.07) is 14.4. The fourth-order valence-corrected chi connectivity index (χ4v) is 4.51. The molecule has 33 heavy (non-hydrogen) atoms. The van der Waals surface area contributed by atoms with E-state index in [1.807, 2.05) is 62.4 Å². The first-order valence-corrected chi connectivity index (χ1v) is 11.1. The molecule has 4 rings (SSSR count). The Kier molecular flexibility index (Phi) is 6.65. The number of fused-ring (bicyclic) bond motifs is 3. The molecule has 8 nitrogen and oxygen atoms in total. The molecule has 4 unspecified atom stereocenters. The van der Waals surface area contributed by atoms with Crippen LogP contribution in [0.4, 0.5) is 4.79 Å². The maximum absolute atomic E-state index is 12.7. The van der Waals surface area contributed by atoms with Crippen molar-refractivity contribution in [3.8, 4) is 11.1 Å². The van der Waals surface area contributed by atoms with E-state index in [4.69, 9.17) is 9.47 Å². The minimum atomic E-state index is -1.25. The molecule has 2 aliphatic rings. The Morgan fingerprint density at radius 2 is 1.67 bits per heavy atom. The van der Waals surface area contributed by atoms with Crippen LogP contribution in [0.3, 0.4) is 0 Å². The van der Waals surface area contributed by atoms with E-state index in [1.54, 1.807) is 0 Å². The highest BCUT2D eigenvalue weighted by molar-refractivity contribution is 5.89. The molecule has 2 amide bonds. The van der Waals surface area contributed by atoms with Gasteiger partial charge in [-0.25, -0.2) is 4.79 Å². The first-order valence-electron chi connectivity index (χ1n) is 11.1. The van der Waals surface area contributed by atoms with E-state index in [-0.39, 0.29) is 30.6 Å². The molecular weight excluding hydrogens is 424 g/mol. The van der Waals surface area contributed by atoms with Crippen LogP contribution in [0.5, 0.6) is 0 Å². The lowest BCUT2D eigenvalue weighted by atomic mass is 9.98. The van der Waals surface area contributed by atoms with E-state index in [1.165, 1.54) is 0 Å². The van der Waals surface area contributed by atoms with Crippen LogP contribution in [0.15, 0.2) is 48.5 Å². The standard InChI is InChI=1S/C25H28N2O6/c1-14-15(2)32-13-22(14)26-24(30)21(11-23(28)29)27-25(31)33-12-20-18-9-5-3-7-16(18)17-8-4-6-10-19(17)20/h3-10,14-15,20-22H,11-13H2,1-2H3,(H,26,30)(H,27,31)(H,28,29). The Hall–Kier alpha value is -3.39. The van der Waals surface area contributed by atoms with Gasteiger partial charge >= 0.3 is 12.1 Å². The third-order valence-electron chi connectivity index (χ3n) is 6.57. The SMILES string of the molecule is CC1OCC(NC(=O)C(CC(=O)O)NC(=O)OCC2c3ccccc3-c3ccccc32)C1C. The fourth-order valence-electron chi connectivity index (χ4n) is 4.51. The van der Waals surface area contributed by atoms with E-state index in [0.717, 1.165) is 22.3 Å². The predicted molar refractivity (Wildman–Crippen MR) is 121 cm³/mol. The van der Waals surface area contributed by atoms with Gasteiger partial charge in [0.2, 0.25) is 5.91 Å². The zero-order valence-electron chi connectivity index (χ0n) is 18.6. The van der Waals surface area contributed by atoms with Crippen LogP contribution in [-0.4, -0.2) is 54.5 Å². The number of hydrogen-bond donors (Lipinski definition) is 3. The molecule has 0 aromatic heterocycles. The molecule has 1 saturated heterocycles. The first kappa shape index (κ1) is 22.8. The van der Waals surface area contributed by atoms with Crippen molar-refractivity contribution in [2.45, 2.75) is 44.4 Å². The molecule has 0 saturated carbocycles. The quantitative estimate of drug-likeness (QED) is 0.595. The summed E-state index contributed by atoms with van der Waals surface area (Å²) in [6.07, 6.45) is -1.39. The number of benzene rings is 2. The van der Waals surface area contributed by atoms with Crippen molar-refractivity contribution in [1.82, 2.24) is 10.6 Å². The molecule has 1 fully saturated rings. The fraction of sp³-hybridized carbons (Fsp3) is 0.400. The molecule has 1 aliphatic heterocycles. The summed E-state index contributed by atoms with van der Waals surface area (Å²) < 4.78 is 11.0. The van der Waals surface area contributed by atoms with Gasteiger partial charge in [-0.05, 0) is 29.2 Å². The highest BCUT2D eigenvalue weighted by atomic mass is 16.5. The Balaban J connectivity index is 1.40. The molecule has 174 valence electrons. The van der Waals surface area contributed by atoms with Gasteiger partial charge < -0.3 is 25.2 Å². The van der Waals surface area contributed by atoms with E-state index >= 15 is 0 Å². The zero-order valence-corrected chi connectivity index (χ0v) is 18.6. The van der Waals surface area contributed by atoms with Crippen LogP contribution in [-0.2, 0) is 19.1 Å². The molecule has 4 atom stereocenters. The second kappa shape index (κ2) is 9.62. The molecular formula is C25H28N2O6. The average Bonchev–Trinajstić information content (AvgIpc) is 3.29. The van der Waals surface area contributed by atoms with Crippen molar-refractivity contribution >= 4 is 18.0 Å². The van der Waals surface area contributed by atoms with Gasteiger partial charge in [0.15, 0.2) is 0 Å². The van der Waals surface area contributed by atoms with Crippen LogP contribution in [0, 0.1) is 5.92 Å². The Bertz CT molecular complexity index is 1010. The minimum absolute atomic E-state index is 0.0108. The second-order valence-corrected chi connectivity index (χ2v) is 8.63. The first-order chi connectivity index (χ1) is 15.8. The van der Waals surface area contributed by atoms with Gasteiger partial charge in [-0.3, -0.25) is 9.59 Å². The largest absolute Gasteiger partial charge is 0.481 e. The van der Waals surface area contributed by atoms with E-state index in [0.29, 0.717) is 6.61 Å². The lowest BCUT2D eigenvalue weighted by Crippen LogP contribution is -2.52. The third-order valence-corrected chi connectivity index (χ3v) is 6.57. The normalized spacial score (nSPS) is 22.2. The number of carboxylic acids is 1. The molecule has 8 heteroatoms. The molecule has 0 radical (unpaired) electrons. The monoisotopic (exact) mass is 452 g/mol. The number of hydrogen-bond acceptors (Lipinski definition) is 5. The second-order valence-electron chi connectivity index (χ2n) is 8.63. The van der Waals surface area contributed by atoms with Gasteiger partial charge in [-0.15, -0.1) is 0 Å². The molecule has 1 heterocycles.